The van der Waals surface area contributed by atoms with Gasteiger partial charge in [-0.25, -0.2) is 8.42 Å². The van der Waals surface area contributed by atoms with Gasteiger partial charge in [0.1, 0.15) is 0 Å². The van der Waals surface area contributed by atoms with Gasteiger partial charge in [0.05, 0.1) is 17.5 Å². The first kappa shape index (κ1) is 15.9. The predicted octanol–water partition coefficient (Wildman–Crippen LogP) is 1.68. The molecule has 5 nitrogen and oxygen atoms in total. The molecule has 0 aromatic carbocycles. The molecule has 0 N–H and O–H groups in total. The van der Waals surface area contributed by atoms with Crippen LogP contribution in [0.15, 0.2) is 18.3 Å². The van der Waals surface area contributed by atoms with Crippen LogP contribution in [0.5, 0.6) is 0 Å². The van der Waals surface area contributed by atoms with E-state index in [4.69, 9.17) is 0 Å². The van der Waals surface area contributed by atoms with Gasteiger partial charge in [-0.3, -0.25) is 9.78 Å². The highest BCUT2D eigenvalue weighted by atomic mass is 32.2. The topological polar surface area (TPSA) is 67.3 Å². The zero-order valence-corrected chi connectivity index (χ0v) is 13.8. The van der Waals surface area contributed by atoms with E-state index in [0.717, 1.165) is 5.69 Å². The molecule has 1 aromatic heterocycles. The molecular weight excluding hydrogens is 288 g/mol. The van der Waals surface area contributed by atoms with E-state index in [1.54, 1.807) is 23.2 Å². The Kier molecular flexibility index (Phi) is 4.10. The van der Waals surface area contributed by atoms with Crippen LogP contribution in [0.4, 0.5) is 0 Å². The fourth-order valence-corrected chi connectivity index (χ4v) is 4.41. The first-order chi connectivity index (χ1) is 9.60. The van der Waals surface area contributed by atoms with Gasteiger partial charge in [-0.15, -0.1) is 0 Å². The highest BCUT2D eigenvalue weighted by molar-refractivity contribution is 7.91. The molecule has 1 aliphatic heterocycles. The molecule has 1 saturated heterocycles. The van der Waals surface area contributed by atoms with Crippen LogP contribution >= 0.6 is 0 Å². The summed E-state index contributed by atoms with van der Waals surface area (Å²) in [7, 11) is -3.08. The molecule has 1 aliphatic rings. The molecule has 6 heteroatoms. The van der Waals surface area contributed by atoms with Gasteiger partial charge in [0.25, 0.3) is 5.91 Å². The zero-order valence-electron chi connectivity index (χ0n) is 13.0. The summed E-state index contributed by atoms with van der Waals surface area (Å²) < 4.78 is 23.8. The Morgan fingerprint density at radius 1 is 1.38 bits per heavy atom. The minimum absolute atomic E-state index is 0.0340. The van der Waals surface area contributed by atoms with Gasteiger partial charge >= 0.3 is 0 Å². The Morgan fingerprint density at radius 2 is 2.05 bits per heavy atom. The second kappa shape index (κ2) is 5.40. The van der Waals surface area contributed by atoms with Gasteiger partial charge in [0, 0.05) is 24.0 Å². The van der Waals surface area contributed by atoms with E-state index < -0.39 is 9.84 Å². The number of amides is 1. The number of aromatic nitrogens is 1. The highest BCUT2D eigenvalue weighted by Crippen LogP contribution is 2.29. The van der Waals surface area contributed by atoms with Crippen molar-refractivity contribution < 1.29 is 13.2 Å². The molecule has 1 amide bonds. The minimum atomic E-state index is -3.08. The largest absolute Gasteiger partial charge is 0.333 e. The average Bonchev–Trinajstić information content (AvgIpc) is 2.36. The number of nitrogens with zero attached hydrogens (tertiary/aromatic N) is 2. The maximum atomic E-state index is 12.7. The van der Waals surface area contributed by atoms with Crippen LogP contribution in [-0.2, 0) is 9.84 Å². The molecule has 0 spiro atoms. The van der Waals surface area contributed by atoms with E-state index >= 15 is 0 Å². The van der Waals surface area contributed by atoms with E-state index in [2.05, 4.69) is 4.98 Å². The molecule has 0 bridgehead atoms. The quantitative estimate of drug-likeness (QED) is 0.791. The second-order valence-corrected chi connectivity index (χ2v) is 8.91. The first-order valence-corrected chi connectivity index (χ1v) is 8.86. The summed E-state index contributed by atoms with van der Waals surface area (Å²) in [6.07, 6.45) is 1.61. The van der Waals surface area contributed by atoms with Crippen molar-refractivity contribution in [1.82, 2.24) is 9.88 Å². The summed E-state index contributed by atoms with van der Waals surface area (Å²) >= 11 is 0. The van der Waals surface area contributed by atoms with Crippen molar-refractivity contribution in [3.05, 3.63) is 29.6 Å². The zero-order chi connectivity index (χ0) is 15.8. The molecule has 116 valence electrons. The number of carbonyl (C=O) groups excluding carboxylic acids is 1. The summed E-state index contributed by atoms with van der Waals surface area (Å²) in [5, 5.41) is 0. The molecule has 2 heterocycles. The van der Waals surface area contributed by atoms with Crippen molar-refractivity contribution in [2.45, 2.75) is 33.7 Å². The minimum Gasteiger partial charge on any atom is -0.333 e. The maximum Gasteiger partial charge on any atom is 0.254 e. The van der Waals surface area contributed by atoms with Crippen LogP contribution < -0.4 is 0 Å². The number of rotatable bonds is 1. The molecule has 21 heavy (non-hydrogen) atoms. The molecule has 2 rings (SSSR count). The van der Waals surface area contributed by atoms with Gasteiger partial charge in [-0.2, -0.15) is 0 Å². The lowest BCUT2D eigenvalue weighted by molar-refractivity contribution is 0.0562. The predicted molar refractivity (Wildman–Crippen MR) is 81.9 cm³/mol. The number of hydrogen-bond acceptors (Lipinski definition) is 4. The highest BCUT2D eigenvalue weighted by Gasteiger charge is 2.40. The van der Waals surface area contributed by atoms with Crippen molar-refractivity contribution in [2.75, 3.05) is 18.1 Å². The fraction of sp³-hybridized carbons (Fsp3) is 0.600. The van der Waals surface area contributed by atoms with Gasteiger partial charge in [-0.05, 0) is 24.5 Å². The van der Waals surface area contributed by atoms with Crippen LogP contribution in [0.25, 0.3) is 0 Å². The summed E-state index contributed by atoms with van der Waals surface area (Å²) in [4.78, 5) is 18.5. The SMILES string of the molecule is Cc1cc(C(=O)N2CCS(=O)(=O)CC2C(C)(C)C)ccn1. The van der Waals surface area contributed by atoms with Gasteiger partial charge in [0.2, 0.25) is 0 Å². The van der Waals surface area contributed by atoms with Crippen LogP contribution in [0.3, 0.4) is 0 Å². The third kappa shape index (κ3) is 3.61. The summed E-state index contributed by atoms with van der Waals surface area (Å²) in [5.41, 5.74) is 1.06. The molecular formula is C15H22N2O3S. The van der Waals surface area contributed by atoms with E-state index in [1.165, 1.54) is 0 Å². The van der Waals surface area contributed by atoms with E-state index in [0.29, 0.717) is 5.56 Å². The Hall–Kier alpha value is -1.43. The van der Waals surface area contributed by atoms with Crippen molar-refractivity contribution in [2.24, 2.45) is 5.41 Å². The summed E-state index contributed by atoms with van der Waals surface area (Å²) in [6.45, 7) is 7.99. The molecule has 1 unspecified atom stereocenters. The Bertz CT molecular complexity index is 647. The van der Waals surface area contributed by atoms with E-state index in [9.17, 15) is 13.2 Å². The third-order valence-electron chi connectivity index (χ3n) is 3.84. The Balaban J connectivity index is 2.34. The lowest BCUT2D eigenvalue weighted by Crippen LogP contribution is -2.56. The third-order valence-corrected chi connectivity index (χ3v) is 5.46. The number of sulfone groups is 1. The smallest absolute Gasteiger partial charge is 0.254 e. The fourth-order valence-electron chi connectivity index (χ4n) is 2.61. The van der Waals surface area contributed by atoms with Gasteiger partial charge in [0.15, 0.2) is 9.84 Å². The summed E-state index contributed by atoms with van der Waals surface area (Å²) in [5.74, 6) is -0.0443. The Morgan fingerprint density at radius 3 is 2.62 bits per heavy atom. The van der Waals surface area contributed by atoms with Gasteiger partial charge < -0.3 is 4.90 Å². The average molecular weight is 310 g/mol. The molecule has 0 saturated carbocycles. The van der Waals surface area contributed by atoms with Crippen molar-refractivity contribution in [3.63, 3.8) is 0 Å². The molecule has 1 aromatic rings. The van der Waals surface area contributed by atoms with E-state index in [1.807, 2.05) is 27.7 Å². The number of carbonyl (C=O) groups is 1. The molecule has 1 fully saturated rings. The van der Waals surface area contributed by atoms with Crippen LogP contribution in [0, 0.1) is 12.3 Å². The normalized spacial score (nSPS) is 22.1. The van der Waals surface area contributed by atoms with Crippen LogP contribution in [0.1, 0.15) is 36.8 Å². The number of aryl methyl sites for hydroxylation is 1. The lowest BCUT2D eigenvalue weighted by Gasteiger charge is -2.43. The van der Waals surface area contributed by atoms with Gasteiger partial charge in [-0.1, -0.05) is 20.8 Å². The number of pyridine rings is 1. The van der Waals surface area contributed by atoms with Crippen LogP contribution in [-0.4, -0.2) is 48.3 Å². The van der Waals surface area contributed by atoms with E-state index in [-0.39, 0.29) is 35.4 Å². The van der Waals surface area contributed by atoms with Crippen LogP contribution in [0.2, 0.25) is 0 Å². The monoisotopic (exact) mass is 310 g/mol. The maximum absolute atomic E-state index is 12.7. The molecule has 0 aliphatic carbocycles. The first-order valence-electron chi connectivity index (χ1n) is 7.04. The lowest BCUT2D eigenvalue weighted by atomic mass is 9.86. The molecule has 1 atom stereocenters. The second-order valence-electron chi connectivity index (χ2n) is 6.68. The van der Waals surface area contributed by atoms with Crippen molar-refractivity contribution >= 4 is 15.7 Å². The van der Waals surface area contributed by atoms with Crippen molar-refractivity contribution in [1.29, 1.82) is 0 Å². The van der Waals surface area contributed by atoms with Crippen molar-refractivity contribution in [3.8, 4) is 0 Å². The summed E-state index contributed by atoms with van der Waals surface area (Å²) in [6, 6.07) is 3.11. The standard InChI is InChI=1S/C15H22N2O3S/c1-11-9-12(5-6-16-11)14(18)17-7-8-21(19,20)10-13(17)15(2,3)4/h5-6,9,13H,7-8,10H2,1-4H3. The Labute approximate surface area is 126 Å². The number of hydrogen-bond donors (Lipinski definition) is 0. The molecule has 0 radical (unpaired) electrons.